The van der Waals surface area contributed by atoms with Crippen LogP contribution in [0.15, 0.2) is 12.4 Å². The quantitative estimate of drug-likeness (QED) is 0.704. The van der Waals surface area contributed by atoms with Gasteiger partial charge in [0, 0.05) is 18.8 Å². The van der Waals surface area contributed by atoms with Crippen LogP contribution in [0.5, 0.6) is 0 Å². The first-order valence-electron chi connectivity index (χ1n) is 3.92. The Balaban J connectivity index is 2.77. The molecule has 1 rings (SSSR count). The molecule has 0 atom stereocenters. The third-order valence-electron chi connectivity index (χ3n) is 1.63. The van der Waals surface area contributed by atoms with E-state index in [-0.39, 0.29) is 0 Å². The summed E-state index contributed by atoms with van der Waals surface area (Å²) in [6, 6.07) is 0. The third kappa shape index (κ3) is 2.07. The van der Waals surface area contributed by atoms with Crippen LogP contribution in [-0.4, -0.2) is 17.4 Å². The number of aromatic nitrogens is 2. The normalized spacial score (nSPS) is 10.8. The van der Waals surface area contributed by atoms with Gasteiger partial charge in [0.1, 0.15) is 5.82 Å². The highest BCUT2D eigenvalue weighted by Crippen LogP contribution is 2.02. The van der Waals surface area contributed by atoms with E-state index < -0.39 is 10.9 Å². The molecule has 0 unspecified atom stereocenters. The number of rotatable bonds is 4. The van der Waals surface area contributed by atoms with E-state index in [1.54, 1.807) is 0 Å². The van der Waals surface area contributed by atoms with Gasteiger partial charge in [-0.15, -0.1) is 0 Å². The van der Waals surface area contributed by atoms with Gasteiger partial charge in [0.25, 0.3) is 0 Å². The highest BCUT2D eigenvalue weighted by atomic mass is 32.2. The summed E-state index contributed by atoms with van der Waals surface area (Å²) in [6.07, 6.45) is 5.72. The van der Waals surface area contributed by atoms with Gasteiger partial charge in [-0.2, -0.15) is 0 Å². The minimum absolute atomic E-state index is 0.632. The third-order valence-corrected chi connectivity index (χ3v) is 2.34. The fourth-order valence-electron chi connectivity index (χ4n) is 0.990. The Labute approximate surface area is 73.3 Å². The van der Waals surface area contributed by atoms with Gasteiger partial charge >= 0.3 is 0 Å². The van der Waals surface area contributed by atoms with Crippen LogP contribution in [0.4, 0.5) is 0 Å². The van der Waals surface area contributed by atoms with Gasteiger partial charge in [-0.25, -0.2) is 17.4 Å². The van der Waals surface area contributed by atoms with Gasteiger partial charge in [-0.3, -0.25) is 0 Å². The maximum absolute atomic E-state index is 10.6. The Hall–Kier alpha value is -0.840. The van der Waals surface area contributed by atoms with Crippen LogP contribution < -0.4 is 0 Å². The summed E-state index contributed by atoms with van der Waals surface area (Å²) in [5.41, 5.74) is 0. The molecule has 0 fully saturated rings. The van der Waals surface area contributed by atoms with Gasteiger partial charge in [-0.1, -0.05) is 13.3 Å². The zero-order chi connectivity index (χ0) is 8.97. The minimum atomic E-state index is -2.54. The molecule has 0 N–H and O–H groups in total. The molecule has 5 heteroatoms. The Bertz CT molecular complexity index is 309. The topological polar surface area (TPSA) is 52.0 Å². The van der Waals surface area contributed by atoms with Gasteiger partial charge in [0.15, 0.2) is 0 Å². The van der Waals surface area contributed by atoms with Crippen molar-refractivity contribution in [2.45, 2.75) is 26.2 Å². The molecule has 0 saturated heterocycles. The van der Waals surface area contributed by atoms with Crippen molar-refractivity contribution in [3.8, 4) is 0 Å². The SMILES string of the molecule is CCCCc1nccn1[SH](=O)=O. The maximum Gasteiger partial charge on any atom is 0.229 e. The van der Waals surface area contributed by atoms with Crippen molar-refractivity contribution in [2.24, 2.45) is 0 Å². The van der Waals surface area contributed by atoms with Crippen LogP contribution in [0.25, 0.3) is 0 Å². The summed E-state index contributed by atoms with van der Waals surface area (Å²) < 4.78 is 22.4. The van der Waals surface area contributed by atoms with Gasteiger partial charge in [0.2, 0.25) is 10.9 Å². The number of unbranched alkanes of at least 4 members (excludes halogenated alkanes) is 1. The second-order valence-electron chi connectivity index (χ2n) is 2.53. The largest absolute Gasteiger partial charge is 0.241 e. The molecule has 0 bridgehead atoms. The zero-order valence-electron chi connectivity index (χ0n) is 6.93. The Morgan fingerprint density at radius 1 is 1.58 bits per heavy atom. The standard InChI is InChI=1S/C7H12N2O2S/c1-2-3-4-7-8-5-6-9(7)12(10)11/h5-6,12H,2-4H2,1H3. The summed E-state index contributed by atoms with van der Waals surface area (Å²) in [5, 5.41) is 0. The van der Waals surface area contributed by atoms with Gasteiger partial charge < -0.3 is 0 Å². The highest BCUT2D eigenvalue weighted by Gasteiger charge is 2.01. The number of aryl methyl sites for hydroxylation is 1. The first-order valence-corrected chi connectivity index (χ1v) is 5.05. The van der Waals surface area contributed by atoms with Crippen LogP contribution in [0.1, 0.15) is 25.6 Å². The molecule has 0 aromatic carbocycles. The molecule has 0 amide bonds. The van der Waals surface area contributed by atoms with Gasteiger partial charge in [0.05, 0.1) is 0 Å². The van der Waals surface area contributed by atoms with E-state index >= 15 is 0 Å². The number of nitrogens with zero attached hydrogens (tertiary/aromatic N) is 2. The van der Waals surface area contributed by atoms with Crippen molar-refractivity contribution in [1.82, 2.24) is 8.96 Å². The maximum atomic E-state index is 10.6. The van der Waals surface area contributed by atoms with Crippen molar-refractivity contribution >= 4 is 10.9 Å². The monoisotopic (exact) mass is 188 g/mol. The fourth-order valence-corrected chi connectivity index (χ4v) is 1.50. The molecule has 68 valence electrons. The first kappa shape index (κ1) is 9.25. The molecule has 0 saturated carbocycles. The Morgan fingerprint density at radius 2 is 2.33 bits per heavy atom. The minimum Gasteiger partial charge on any atom is -0.241 e. The lowest BCUT2D eigenvalue weighted by molar-refractivity contribution is 0.603. The molecule has 0 aliphatic carbocycles. The number of thiol groups is 1. The molecule has 1 aromatic rings. The molecule has 1 heterocycles. The average molecular weight is 188 g/mol. The van der Waals surface area contributed by atoms with Crippen LogP contribution in [0.3, 0.4) is 0 Å². The van der Waals surface area contributed by atoms with Gasteiger partial charge in [-0.05, 0) is 6.42 Å². The summed E-state index contributed by atoms with van der Waals surface area (Å²) in [5.74, 6) is 0.632. The smallest absolute Gasteiger partial charge is 0.229 e. The second kappa shape index (κ2) is 4.25. The van der Waals surface area contributed by atoms with E-state index in [0.29, 0.717) is 5.82 Å². The van der Waals surface area contributed by atoms with E-state index in [4.69, 9.17) is 0 Å². The molecule has 0 spiro atoms. The van der Waals surface area contributed by atoms with Crippen molar-refractivity contribution in [2.75, 3.05) is 0 Å². The van der Waals surface area contributed by atoms with Crippen molar-refractivity contribution < 1.29 is 8.42 Å². The summed E-state index contributed by atoms with van der Waals surface area (Å²) in [6.45, 7) is 2.06. The molecular weight excluding hydrogens is 176 g/mol. The Kier molecular flexibility index (Phi) is 3.28. The van der Waals surface area contributed by atoms with E-state index in [1.807, 2.05) is 0 Å². The Morgan fingerprint density at radius 3 is 2.92 bits per heavy atom. The lowest BCUT2D eigenvalue weighted by Gasteiger charge is -1.97. The lowest BCUT2D eigenvalue weighted by atomic mass is 10.2. The van der Waals surface area contributed by atoms with Crippen molar-refractivity contribution in [1.29, 1.82) is 0 Å². The van der Waals surface area contributed by atoms with E-state index in [1.165, 1.54) is 16.4 Å². The number of hydrogen-bond acceptors (Lipinski definition) is 3. The average Bonchev–Trinajstić information content (AvgIpc) is 2.48. The van der Waals surface area contributed by atoms with E-state index in [2.05, 4.69) is 11.9 Å². The molecule has 0 aliphatic heterocycles. The molecule has 12 heavy (non-hydrogen) atoms. The number of hydrogen-bond donors (Lipinski definition) is 1. The summed E-state index contributed by atoms with van der Waals surface area (Å²) in [7, 11) is -2.54. The zero-order valence-corrected chi connectivity index (χ0v) is 7.83. The lowest BCUT2D eigenvalue weighted by Crippen LogP contribution is -2.01. The van der Waals surface area contributed by atoms with Crippen LogP contribution in [0.2, 0.25) is 0 Å². The molecule has 4 nitrogen and oxygen atoms in total. The van der Waals surface area contributed by atoms with Crippen molar-refractivity contribution in [3.05, 3.63) is 18.2 Å². The van der Waals surface area contributed by atoms with Crippen molar-refractivity contribution in [3.63, 3.8) is 0 Å². The second-order valence-corrected chi connectivity index (χ2v) is 3.44. The van der Waals surface area contributed by atoms with E-state index in [9.17, 15) is 8.42 Å². The predicted molar refractivity (Wildman–Crippen MR) is 46.6 cm³/mol. The highest BCUT2D eigenvalue weighted by molar-refractivity contribution is 7.70. The van der Waals surface area contributed by atoms with Crippen LogP contribution >= 0.6 is 0 Å². The van der Waals surface area contributed by atoms with Crippen LogP contribution in [0, 0.1) is 0 Å². The van der Waals surface area contributed by atoms with Crippen LogP contribution in [-0.2, 0) is 17.3 Å². The first-order chi connectivity index (χ1) is 5.75. The summed E-state index contributed by atoms with van der Waals surface area (Å²) in [4.78, 5) is 3.95. The predicted octanol–water partition coefficient (Wildman–Crippen LogP) is 0.600. The molecule has 0 aliphatic rings. The fraction of sp³-hybridized carbons (Fsp3) is 0.571. The summed E-state index contributed by atoms with van der Waals surface area (Å²) >= 11 is 0. The molecular formula is C7H12N2O2S. The number of imidazole rings is 1. The van der Waals surface area contributed by atoms with E-state index in [0.717, 1.165) is 19.3 Å². The molecule has 0 radical (unpaired) electrons. The molecule has 1 aromatic heterocycles.